The highest BCUT2D eigenvalue weighted by Gasteiger charge is 2.25. The Morgan fingerprint density at radius 2 is 1.29 bits per heavy atom. The summed E-state index contributed by atoms with van der Waals surface area (Å²) in [5, 5.41) is 0. The maximum atomic E-state index is 6.39. The van der Waals surface area contributed by atoms with Crippen LogP contribution in [0.4, 0.5) is 11.4 Å². The van der Waals surface area contributed by atoms with Gasteiger partial charge < -0.3 is 16.2 Å². The lowest BCUT2D eigenvalue weighted by atomic mass is 9.76. The molecule has 0 saturated heterocycles. The number of benzene rings is 1. The van der Waals surface area contributed by atoms with Crippen LogP contribution in [-0.4, -0.2) is 6.61 Å². The third kappa shape index (κ3) is 6.84. The zero-order chi connectivity index (χ0) is 24.6. The molecule has 2 atom stereocenters. The van der Waals surface area contributed by atoms with E-state index < -0.39 is 0 Å². The predicted octanol–water partition coefficient (Wildman–Crippen LogP) is 8.21. The van der Waals surface area contributed by atoms with Crippen LogP contribution in [0.25, 0.3) is 0 Å². The van der Waals surface area contributed by atoms with Crippen molar-refractivity contribution in [2.45, 2.75) is 77.0 Å². The molecule has 2 unspecified atom stereocenters. The van der Waals surface area contributed by atoms with Crippen LogP contribution in [0.3, 0.4) is 0 Å². The molecule has 1 aromatic rings. The lowest BCUT2D eigenvalue weighted by Crippen LogP contribution is -2.15. The van der Waals surface area contributed by atoms with Crippen molar-refractivity contribution >= 4 is 11.4 Å². The summed E-state index contributed by atoms with van der Waals surface area (Å²) in [5.74, 6) is 4.69. The molecule has 0 aliphatic heterocycles. The zero-order valence-electron chi connectivity index (χ0n) is 21.7. The second-order valence-corrected chi connectivity index (χ2v) is 11.0. The number of rotatable bonds is 8. The summed E-state index contributed by atoms with van der Waals surface area (Å²) < 4.78 is 5.60. The molecule has 4 rings (SSSR count). The number of hydrogen-bond donors (Lipinski definition) is 2. The first-order valence-electron chi connectivity index (χ1n) is 14.1. The van der Waals surface area contributed by atoms with Gasteiger partial charge in [0.1, 0.15) is 5.75 Å². The Bertz CT molecular complexity index is 914. The smallest absolute Gasteiger partial charge is 0.144 e. The quantitative estimate of drug-likeness (QED) is 0.295. The van der Waals surface area contributed by atoms with E-state index in [1.165, 1.54) is 69.8 Å². The van der Waals surface area contributed by atoms with Gasteiger partial charge >= 0.3 is 0 Å². The van der Waals surface area contributed by atoms with Gasteiger partial charge in [0.05, 0.1) is 18.0 Å². The van der Waals surface area contributed by atoms with Crippen molar-refractivity contribution in [3.63, 3.8) is 0 Å². The molecule has 3 aliphatic carbocycles. The maximum Gasteiger partial charge on any atom is 0.144 e. The second-order valence-electron chi connectivity index (χ2n) is 11.0. The summed E-state index contributed by atoms with van der Waals surface area (Å²) in [5.41, 5.74) is 15.2. The van der Waals surface area contributed by atoms with Gasteiger partial charge in [-0.15, -0.1) is 6.58 Å². The Kier molecular flexibility index (Phi) is 9.18. The van der Waals surface area contributed by atoms with E-state index >= 15 is 0 Å². The van der Waals surface area contributed by atoms with Gasteiger partial charge in [0, 0.05) is 0 Å². The van der Waals surface area contributed by atoms with Crippen molar-refractivity contribution in [1.29, 1.82) is 0 Å². The Morgan fingerprint density at radius 1 is 0.743 bits per heavy atom. The molecular formula is C32H46N2O. The minimum absolute atomic E-state index is 0.515. The van der Waals surface area contributed by atoms with E-state index in [0.717, 1.165) is 17.5 Å². The predicted molar refractivity (Wildman–Crippen MR) is 150 cm³/mol. The van der Waals surface area contributed by atoms with E-state index in [1.807, 2.05) is 13.0 Å². The van der Waals surface area contributed by atoms with E-state index in [4.69, 9.17) is 16.2 Å². The van der Waals surface area contributed by atoms with Gasteiger partial charge in [-0.1, -0.05) is 48.6 Å². The van der Waals surface area contributed by atoms with Gasteiger partial charge in [-0.2, -0.15) is 0 Å². The van der Waals surface area contributed by atoms with Crippen molar-refractivity contribution in [3.8, 4) is 5.75 Å². The van der Waals surface area contributed by atoms with E-state index in [1.54, 1.807) is 0 Å². The fraction of sp³-hybridized carbons (Fsp3) is 0.562. The molecule has 3 heteroatoms. The Hall–Kier alpha value is -2.42. The average Bonchev–Trinajstić information content (AvgIpc) is 2.90. The van der Waals surface area contributed by atoms with Crippen LogP contribution < -0.4 is 16.2 Å². The van der Waals surface area contributed by atoms with Crippen LogP contribution in [0.5, 0.6) is 5.75 Å². The van der Waals surface area contributed by atoms with Gasteiger partial charge in [0.25, 0.3) is 0 Å². The zero-order valence-corrected chi connectivity index (χ0v) is 21.7. The summed E-state index contributed by atoms with van der Waals surface area (Å²) in [6, 6.07) is 4.12. The molecule has 0 amide bonds. The summed E-state index contributed by atoms with van der Waals surface area (Å²) in [6.07, 6.45) is 29.6. The molecule has 2 fully saturated rings. The Balaban J connectivity index is 1.19. The number of anilines is 2. The first-order chi connectivity index (χ1) is 17.1. The summed E-state index contributed by atoms with van der Waals surface area (Å²) in [7, 11) is 0. The average molecular weight is 475 g/mol. The normalized spacial score (nSPS) is 31.7. The lowest BCUT2D eigenvalue weighted by Gasteiger charge is -2.29. The van der Waals surface area contributed by atoms with Gasteiger partial charge in [-0.25, -0.2) is 0 Å². The van der Waals surface area contributed by atoms with Crippen molar-refractivity contribution in [3.05, 3.63) is 66.8 Å². The first kappa shape index (κ1) is 25.7. The van der Waals surface area contributed by atoms with Crippen molar-refractivity contribution in [2.75, 3.05) is 18.1 Å². The Labute approximate surface area is 213 Å². The highest BCUT2D eigenvalue weighted by molar-refractivity contribution is 5.74. The molecule has 0 heterocycles. The van der Waals surface area contributed by atoms with Gasteiger partial charge in [-0.3, -0.25) is 0 Å². The van der Waals surface area contributed by atoms with Gasteiger partial charge in [-0.05, 0) is 118 Å². The van der Waals surface area contributed by atoms with E-state index in [2.05, 4.69) is 55.2 Å². The molecule has 0 aromatic heterocycles. The third-order valence-electron chi connectivity index (χ3n) is 8.64. The standard InChI is InChI=1S/C32H46N2O/c1-3-23-5-7-24(8-6-23)9-10-25-11-13-26(14-12-25)15-16-27-17-19-28(20-18-27)29-21-22-30(35-4-2)32(34)31(29)33/h3,5,7,9-10,15-16,21-28H,1,4,6,8,11-14,17-20,33-34H2,2H3/b10-9+,16-15+. The monoisotopic (exact) mass is 474 g/mol. The highest BCUT2D eigenvalue weighted by atomic mass is 16.5. The second kappa shape index (κ2) is 12.5. The molecule has 3 aliphatic rings. The molecule has 0 bridgehead atoms. The molecule has 190 valence electrons. The fourth-order valence-electron chi connectivity index (χ4n) is 6.26. The molecule has 0 spiro atoms. The fourth-order valence-corrected chi connectivity index (χ4v) is 6.26. The van der Waals surface area contributed by atoms with Crippen molar-refractivity contribution < 1.29 is 4.74 Å². The van der Waals surface area contributed by atoms with E-state index in [9.17, 15) is 0 Å². The van der Waals surface area contributed by atoms with E-state index in [-0.39, 0.29) is 0 Å². The minimum Gasteiger partial charge on any atom is -0.492 e. The van der Waals surface area contributed by atoms with Crippen LogP contribution in [-0.2, 0) is 0 Å². The molecule has 3 nitrogen and oxygen atoms in total. The van der Waals surface area contributed by atoms with Crippen LogP contribution in [0.1, 0.15) is 82.6 Å². The number of hydrogen-bond acceptors (Lipinski definition) is 3. The van der Waals surface area contributed by atoms with Crippen LogP contribution in [0, 0.1) is 29.6 Å². The number of nitrogen functional groups attached to an aromatic ring is 2. The van der Waals surface area contributed by atoms with Crippen LogP contribution in [0.2, 0.25) is 0 Å². The number of ether oxygens (including phenoxy) is 1. The molecule has 1 aromatic carbocycles. The maximum absolute atomic E-state index is 6.39. The van der Waals surface area contributed by atoms with Gasteiger partial charge in [0.2, 0.25) is 0 Å². The molecule has 35 heavy (non-hydrogen) atoms. The van der Waals surface area contributed by atoms with Crippen molar-refractivity contribution in [1.82, 2.24) is 0 Å². The summed E-state index contributed by atoms with van der Waals surface area (Å²) >= 11 is 0. The molecule has 4 N–H and O–H groups in total. The van der Waals surface area contributed by atoms with Crippen LogP contribution >= 0.6 is 0 Å². The number of nitrogens with two attached hydrogens (primary N) is 2. The number of allylic oxidation sites excluding steroid dienone is 7. The largest absolute Gasteiger partial charge is 0.492 e. The summed E-state index contributed by atoms with van der Waals surface area (Å²) in [6.45, 7) is 6.50. The van der Waals surface area contributed by atoms with E-state index in [0.29, 0.717) is 41.7 Å². The third-order valence-corrected chi connectivity index (χ3v) is 8.64. The SMILES string of the molecule is C=CC1C=CC(/C=C/C2CCC(/C=C/C3CCC(c4ccc(OCC)c(N)c4N)CC3)CC2)CC1. The lowest BCUT2D eigenvalue weighted by molar-refractivity contribution is 0.341. The van der Waals surface area contributed by atoms with Crippen molar-refractivity contribution in [2.24, 2.45) is 29.6 Å². The molecule has 2 saturated carbocycles. The van der Waals surface area contributed by atoms with Gasteiger partial charge in [0.15, 0.2) is 0 Å². The summed E-state index contributed by atoms with van der Waals surface area (Å²) in [4.78, 5) is 0. The van der Waals surface area contributed by atoms with Crippen LogP contribution in [0.15, 0.2) is 61.2 Å². The Morgan fingerprint density at radius 3 is 1.83 bits per heavy atom. The first-order valence-corrected chi connectivity index (χ1v) is 14.1. The topological polar surface area (TPSA) is 61.3 Å². The minimum atomic E-state index is 0.515. The molecular weight excluding hydrogens is 428 g/mol. The highest BCUT2D eigenvalue weighted by Crippen LogP contribution is 2.42. The molecule has 0 radical (unpaired) electrons.